The first-order valence-corrected chi connectivity index (χ1v) is 11.7. The highest BCUT2D eigenvalue weighted by Crippen LogP contribution is 2.05. The Morgan fingerprint density at radius 2 is 0.900 bits per heavy atom. The highest BCUT2D eigenvalue weighted by molar-refractivity contribution is 4.62. The fourth-order valence-electron chi connectivity index (χ4n) is 3.42. The first-order chi connectivity index (χ1) is 13.7. The summed E-state index contributed by atoms with van der Waals surface area (Å²) >= 11 is 0. The molecule has 0 bridgehead atoms. The second-order valence-electron chi connectivity index (χ2n) is 8.17. The van der Waals surface area contributed by atoms with E-state index in [9.17, 15) is 0 Å². The zero-order chi connectivity index (χ0) is 20.5. The number of imidazole rings is 2. The Morgan fingerprint density at radius 1 is 0.567 bits per heavy atom. The Morgan fingerprint density at radius 3 is 1.20 bits per heavy atom. The summed E-state index contributed by atoms with van der Waals surface area (Å²) < 4.78 is 8.72. The van der Waals surface area contributed by atoms with Crippen LogP contribution in [0.2, 0.25) is 0 Å². The smallest absolute Gasteiger partial charge is 0.243 e. The summed E-state index contributed by atoms with van der Waals surface area (Å²) in [5, 5.41) is 0. The topological polar surface area (TPSA) is 17.6 Å². The lowest BCUT2D eigenvalue weighted by Gasteiger charge is -1.98. The van der Waals surface area contributed by atoms with Gasteiger partial charge < -0.3 is 29.4 Å². The SMILES string of the molecule is CCCCCCCC[n+]1ccn(C)c1.CCCCCCCC[n+]1ccn(C)c1.[Br-].[Cl-]. The molecule has 2 aromatic heterocycles. The number of hydrogen-bond acceptors (Lipinski definition) is 0. The molecular weight excluding hydrogens is 460 g/mol. The fraction of sp³-hybridized carbons (Fsp3) is 0.750. The van der Waals surface area contributed by atoms with Crippen LogP contribution in [-0.2, 0) is 27.2 Å². The van der Waals surface area contributed by atoms with Gasteiger partial charge in [0.15, 0.2) is 0 Å². The third kappa shape index (κ3) is 16.9. The van der Waals surface area contributed by atoms with E-state index in [1.165, 1.54) is 90.1 Å². The van der Waals surface area contributed by atoms with Crippen molar-refractivity contribution in [2.45, 2.75) is 104 Å². The lowest BCUT2D eigenvalue weighted by atomic mass is 10.1. The zero-order valence-electron chi connectivity index (χ0n) is 19.9. The molecule has 0 aliphatic rings. The quantitative estimate of drug-likeness (QED) is 0.240. The normalized spacial score (nSPS) is 10.0. The molecule has 0 saturated heterocycles. The molecule has 2 heterocycles. The van der Waals surface area contributed by atoms with Gasteiger partial charge in [0.25, 0.3) is 0 Å². The molecule has 176 valence electrons. The van der Waals surface area contributed by atoms with Crippen molar-refractivity contribution < 1.29 is 38.5 Å². The van der Waals surface area contributed by atoms with Crippen molar-refractivity contribution in [1.29, 1.82) is 0 Å². The van der Waals surface area contributed by atoms with Crippen molar-refractivity contribution in [2.75, 3.05) is 0 Å². The minimum Gasteiger partial charge on any atom is -1.00 e. The van der Waals surface area contributed by atoms with Crippen molar-refractivity contribution in [2.24, 2.45) is 14.1 Å². The van der Waals surface area contributed by atoms with Crippen molar-refractivity contribution in [1.82, 2.24) is 9.13 Å². The highest BCUT2D eigenvalue weighted by Gasteiger charge is 1.99. The first kappa shape index (κ1) is 31.4. The maximum Gasteiger partial charge on any atom is 0.243 e. The molecule has 0 aliphatic heterocycles. The van der Waals surface area contributed by atoms with Crippen LogP contribution in [0.4, 0.5) is 0 Å². The zero-order valence-corrected chi connectivity index (χ0v) is 22.3. The summed E-state index contributed by atoms with van der Waals surface area (Å²) in [7, 11) is 4.13. The first-order valence-electron chi connectivity index (χ1n) is 11.7. The van der Waals surface area contributed by atoms with E-state index in [4.69, 9.17) is 0 Å². The summed E-state index contributed by atoms with van der Waals surface area (Å²) in [6.07, 6.45) is 29.3. The summed E-state index contributed by atoms with van der Waals surface area (Å²) in [6.45, 7) is 6.87. The number of nitrogens with zero attached hydrogens (tertiary/aromatic N) is 4. The van der Waals surface area contributed by atoms with E-state index >= 15 is 0 Å². The standard InChI is InChI=1S/2C12H23N2.BrH.ClH/c2*1-3-4-5-6-7-8-9-14-11-10-13(2)12-14;;/h2*10-12H,3-9H2,1-2H3;2*1H/q2*+1;;/p-2. The molecule has 2 aromatic rings. The summed E-state index contributed by atoms with van der Waals surface area (Å²) in [5.74, 6) is 0. The third-order valence-corrected chi connectivity index (χ3v) is 5.19. The number of hydrogen-bond donors (Lipinski definition) is 0. The van der Waals surface area contributed by atoms with Gasteiger partial charge in [-0.25, -0.2) is 18.3 Å². The monoisotopic (exact) mass is 504 g/mol. The van der Waals surface area contributed by atoms with Gasteiger partial charge in [-0.1, -0.05) is 65.2 Å². The van der Waals surface area contributed by atoms with Crippen LogP contribution in [-0.4, -0.2) is 9.13 Å². The number of rotatable bonds is 14. The summed E-state index contributed by atoms with van der Waals surface area (Å²) in [5.41, 5.74) is 0. The average Bonchev–Trinajstić information content (AvgIpc) is 3.29. The summed E-state index contributed by atoms with van der Waals surface area (Å²) in [4.78, 5) is 0. The fourth-order valence-corrected chi connectivity index (χ4v) is 3.42. The van der Waals surface area contributed by atoms with Gasteiger partial charge in [0.2, 0.25) is 12.7 Å². The van der Waals surface area contributed by atoms with Crippen LogP contribution in [0.1, 0.15) is 90.9 Å². The Balaban J connectivity index is 0. The van der Waals surface area contributed by atoms with E-state index in [1.807, 2.05) is 0 Å². The Labute approximate surface area is 202 Å². The van der Waals surface area contributed by atoms with Gasteiger partial charge in [-0.2, -0.15) is 0 Å². The summed E-state index contributed by atoms with van der Waals surface area (Å²) in [6, 6.07) is 0. The van der Waals surface area contributed by atoms with E-state index in [2.05, 4.69) is 83.7 Å². The van der Waals surface area contributed by atoms with Gasteiger partial charge in [-0.15, -0.1) is 0 Å². The molecule has 6 heteroatoms. The van der Waals surface area contributed by atoms with Crippen molar-refractivity contribution >= 4 is 0 Å². The number of halogens is 2. The highest BCUT2D eigenvalue weighted by atomic mass is 79.9. The van der Waals surface area contributed by atoms with Crippen molar-refractivity contribution in [3.63, 3.8) is 0 Å². The Bertz CT molecular complexity index is 545. The molecule has 4 nitrogen and oxygen atoms in total. The molecule has 0 N–H and O–H groups in total. The van der Waals surface area contributed by atoms with Gasteiger partial charge in [0.1, 0.15) is 24.8 Å². The van der Waals surface area contributed by atoms with E-state index in [0.29, 0.717) is 0 Å². The Hall–Kier alpha value is -0.810. The van der Waals surface area contributed by atoms with Crippen LogP contribution in [0.25, 0.3) is 0 Å². The maximum absolute atomic E-state index is 2.26. The van der Waals surface area contributed by atoms with Crippen LogP contribution < -0.4 is 38.5 Å². The molecule has 0 spiro atoms. The molecule has 0 aliphatic carbocycles. The minimum absolute atomic E-state index is 0. The van der Waals surface area contributed by atoms with Crippen LogP contribution in [0.3, 0.4) is 0 Å². The van der Waals surface area contributed by atoms with Gasteiger partial charge in [0.05, 0.1) is 27.2 Å². The molecule has 0 aromatic carbocycles. The predicted molar refractivity (Wildman–Crippen MR) is 118 cm³/mol. The molecule has 0 amide bonds. The number of aromatic nitrogens is 4. The number of aryl methyl sites for hydroxylation is 4. The minimum atomic E-state index is 0. The molecule has 0 unspecified atom stereocenters. The second-order valence-corrected chi connectivity index (χ2v) is 8.17. The largest absolute Gasteiger partial charge is 1.00 e. The molecular formula is C24H46BrClN4. The van der Waals surface area contributed by atoms with E-state index in [1.54, 1.807) is 0 Å². The molecule has 0 atom stereocenters. The lowest BCUT2D eigenvalue weighted by Crippen LogP contribution is -3.00. The molecule has 0 saturated carbocycles. The van der Waals surface area contributed by atoms with Crippen LogP contribution in [0, 0.1) is 0 Å². The second kappa shape index (κ2) is 21.4. The molecule has 2 rings (SSSR count). The van der Waals surface area contributed by atoms with Crippen LogP contribution in [0.5, 0.6) is 0 Å². The van der Waals surface area contributed by atoms with E-state index in [-0.39, 0.29) is 29.4 Å². The molecule has 0 fully saturated rings. The van der Waals surface area contributed by atoms with Crippen LogP contribution in [0.15, 0.2) is 37.4 Å². The van der Waals surface area contributed by atoms with E-state index < -0.39 is 0 Å². The third-order valence-electron chi connectivity index (χ3n) is 5.19. The predicted octanol–water partition coefficient (Wildman–Crippen LogP) is -0.646. The van der Waals surface area contributed by atoms with Gasteiger partial charge in [0, 0.05) is 0 Å². The Kier molecular flexibility index (Phi) is 22.4. The van der Waals surface area contributed by atoms with Crippen LogP contribution >= 0.6 is 0 Å². The van der Waals surface area contributed by atoms with Gasteiger partial charge in [-0.3, -0.25) is 0 Å². The lowest BCUT2D eigenvalue weighted by molar-refractivity contribution is -0.697. The van der Waals surface area contributed by atoms with Gasteiger partial charge in [-0.05, 0) is 25.7 Å². The number of unbranched alkanes of at least 4 members (excludes halogenated alkanes) is 10. The molecule has 0 radical (unpaired) electrons. The van der Waals surface area contributed by atoms with Crippen molar-refractivity contribution in [3.05, 3.63) is 37.4 Å². The van der Waals surface area contributed by atoms with Crippen molar-refractivity contribution in [3.8, 4) is 0 Å². The van der Waals surface area contributed by atoms with Gasteiger partial charge >= 0.3 is 0 Å². The average molecular weight is 506 g/mol. The molecule has 30 heavy (non-hydrogen) atoms. The van der Waals surface area contributed by atoms with E-state index in [0.717, 1.165) is 0 Å². The maximum atomic E-state index is 2.26.